The second-order valence-electron chi connectivity index (χ2n) is 15.2. The molecule has 0 fully saturated rings. The quantitative estimate of drug-likeness (QED) is 0.137. The van der Waals surface area contributed by atoms with E-state index in [0.717, 1.165) is 33.8 Å². The van der Waals surface area contributed by atoms with E-state index in [0.29, 0.717) is 17.8 Å². The molecule has 4 nitrogen and oxygen atoms in total. The lowest BCUT2D eigenvalue weighted by atomic mass is 9.36. The minimum Gasteiger partial charge on any atom is -0.496 e. The van der Waals surface area contributed by atoms with E-state index in [1.165, 1.54) is 55.6 Å². The summed E-state index contributed by atoms with van der Waals surface area (Å²) in [5.41, 5.74) is 17.6. The summed E-state index contributed by atoms with van der Waals surface area (Å²) in [5.74, 6) is 2.92. The van der Waals surface area contributed by atoms with E-state index < -0.39 is 0 Å². The van der Waals surface area contributed by atoms with Crippen LogP contribution in [0.25, 0.3) is 33.4 Å². The van der Waals surface area contributed by atoms with E-state index >= 15 is 0 Å². The summed E-state index contributed by atoms with van der Waals surface area (Å²) >= 11 is 0. The van der Waals surface area contributed by atoms with E-state index in [4.69, 9.17) is 9.47 Å². The lowest BCUT2D eigenvalue weighted by molar-refractivity contribution is 0.416. The van der Waals surface area contributed by atoms with Crippen LogP contribution in [-0.4, -0.2) is 49.1 Å². The van der Waals surface area contributed by atoms with Crippen molar-refractivity contribution in [2.75, 3.05) is 52.2 Å². The van der Waals surface area contributed by atoms with Crippen molar-refractivity contribution in [1.29, 1.82) is 0 Å². The molecule has 0 N–H and O–H groups in total. The van der Waals surface area contributed by atoms with Crippen molar-refractivity contribution in [2.45, 2.75) is 59.3 Å². The molecule has 0 unspecified atom stereocenters. The maximum Gasteiger partial charge on any atom is 0.243 e. The molecule has 1 aliphatic rings. The highest BCUT2D eigenvalue weighted by Crippen LogP contribution is 2.41. The second-order valence-corrected chi connectivity index (χ2v) is 15.2. The highest BCUT2D eigenvalue weighted by molar-refractivity contribution is 6.99. The first-order valence-corrected chi connectivity index (χ1v) is 18.0. The molecule has 1 heterocycles. The van der Waals surface area contributed by atoms with Gasteiger partial charge in [-0.3, -0.25) is 0 Å². The highest BCUT2D eigenvalue weighted by Gasteiger charge is 2.39. The summed E-state index contributed by atoms with van der Waals surface area (Å²) in [6.07, 6.45) is 0. The van der Waals surface area contributed by atoms with E-state index in [1.54, 1.807) is 14.2 Å². The van der Waals surface area contributed by atoms with Gasteiger partial charge < -0.3 is 19.3 Å². The number of nitrogens with zero attached hydrogens (tertiary/aromatic N) is 2. The molecule has 0 amide bonds. The van der Waals surface area contributed by atoms with Gasteiger partial charge in [0.2, 0.25) is 6.71 Å². The Morgan fingerprint density at radius 3 is 1.16 bits per heavy atom. The predicted octanol–water partition coefficient (Wildman–Crippen LogP) is 9.04. The number of benzene rings is 5. The molecular weight excluding hydrogens is 611 g/mol. The smallest absolute Gasteiger partial charge is 0.243 e. The summed E-state index contributed by atoms with van der Waals surface area (Å²) < 4.78 is 12.3. The average molecular weight is 665 g/mol. The largest absolute Gasteiger partial charge is 0.496 e. The van der Waals surface area contributed by atoms with Gasteiger partial charge in [0.1, 0.15) is 11.5 Å². The van der Waals surface area contributed by atoms with Crippen LogP contribution in [0.1, 0.15) is 76.0 Å². The molecule has 258 valence electrons. The van der Waals surface area contributed by atoms with Crippen LogP contribution < -0.4 is 35.7 Å². The van der Waals surface area contributed by atoms with Crippen molar-refractivity contribution in [3.63, 3.8) is 0 Å². The number of ether oxygens (including phenoxy) is 2. The Bertz CT molecular complexity index is 1870. The summed E-state index contributed by atoms with van der Waals surface area (Å²) in [5, 5.41) is 0. The van der Waals surface area contributed by atoms with Crippen molar-refractivity contribution < 1.29 is 9.47 Å². The van der Waals surface area contributed by atoms with Gasteiger partial charge in [0.15, 0.2) is 0 Å². The molecule has 5 heteroatoms. The molecule has 0 aromatic heterocycles. The molecular formula is C45H53BN2O2. The van der Waals surface area contributed by atoms with Crippen LogP contribution in [0.15, 0.2) is 84.9 Å². The van der Waals surface area contributed by atoms with E-state index in [2.05, 4.69) is 164 Å². The molecule has 0 saturated heterocycles. The molecule has 6 rings (SSSR count). The van der Waals surface area contributed by atoms with Crippen LogP contribution in [0.5, 0.6) is 11.5 Å². The fraction of sp³-hybridized carbons (Fsp3) is 0.333. The van der Waals surface area contributed by atoms with Gasteiger partial charge in [-0.2, -0.15) is 0 Å². The molecule has 0 saturated carbocycles. The third kappa shape index (κ3) is 6.28. The Labute approximate surface area is 301 Å². The Kier molecular flexibility index (Phi) is 9.81. The molecule has 0 spiro atoms. The first-order valence-electron chi connectivity index (χ1n) is 18.0. The Morgan fingerprint density at radius 2 is 0.860 bits per heavy atom. The molecule has 5 aromatic carbocycles. The van der Waals surface area contributed by atoms with Crippen molar-refractivity contribution >= 4 is 34.5 Å². The van der Waals surface area contributed by atoms with Gasteiger partial charge in [0, 0.05) is 50.7 Å². The van der Waals surface area contributed by atoms with Crippen molar-refractivity contribution in [1.82, 2.24) is 0 Å². The zero-order valence-electron chi connectivity index (χ0n) is 32.1. The van der Waals surface area contributed by atoms with Gasteiger partial charge in [0.25, 0.3) is 0 Å². The minimum absolute atomic E-state index is 0.0485. The van der Waals surface area contributed by atoms with Crippen LogP contribution in [0, 0.1) is 0 Å². The van der Waals surface area contributed by atoms with Gasteiger partial charge in [-0.1, -0.05) is 106 Å². The Hall–Kier alpha value is -4.64. The van der Waals surface area contributed by atoms with Gasteiger partial charge in [-0.15, -0.1) is 0 Å². The van der Waals surface area contributed by atoms with E-state index in [1.807, 2.05) is 0 Å². The van der Waals surface area contributed by atoms with E-state index in [-0.39, 0.29) is 6.71 Å². The molecule has 50 heavy (non-hydrogen) atoms. The minimum atomic E-state index is 0.0485. The third-order valence-corrected chi connectivity index (χ3v) is 10.5. The van der Waals surface area contributed by atoms with Crippen LogP contribution in [0.3, 0.4) is 0 Å². The zero-order valence-corrected chi connectivity index (χ0v) is 32.1. The SMILES string of the molecule is COc1cc2c(cc1-c1ccc(N(C)C)cc1)B(c1c(C(C)C)cc(C(C)C)cc1C(C)C)c1cc(-c3ccc(N(C)C)cc3)c(OC)cc1-2. The van der Waals surface area contributed by atoms with Gasteiger partial charge >= 0.3 is 0 Å². The first-order chi connectivity index (χ1) is 23.8. The number of hydrogen-bond donors (Lipinski definition) is 0. The van der Waals surface area contributed by atoms with Crippen LogP contribution in [0.4, 0.5) is 11.4 Å². The first kappa shape index (κ1) is 35.2. The van der Waals surface area contributed by atoms with E-state index in [9.17, 15) is 0 Å². The second kappa shape index (κ2) is 13.9. The third-order valence-electron chi connectivity index (χ3n) is 10.5. The van der Waals surface area contributed by atoms with Crippen LogP contribution >= 0.6 is 0 Å². The number of anilines is 2. The molecule has 0 radical (unpaired) electrons. The van der Waals surface area contributed by atoms with Crippen molar-refractivity contribution in [3.05, 3.63) is 102 Å². The summed E-state index contributed by atoms with van der Waals surface area (Å²) in [6.45, 7) is 14.1. The molecule has 1 aliphatic heterocycles. The monoisotopic (exact) mass is 664 g/mol. The summed E-state index contributed by atoms with van der Waals surface area (Å²) in [7, 11) is 11.9. The average Bonchev–Trinajstić information content (AvgIpc) is 3.41. The zero-order chi connectivity index (χ0) is 36.0. The highest BCUT2D eigenvalue weighted by atomic mass is 16.5. The van der Waals surface area contributed by atoms with Gasteiger partial charge in [-0.25, -0.2) is 0 Å². The van der Waals surface area contributed by atoms with Gasteiger partial charge in [-0.05, 0) is 93.1 Å². The molecule has 5 aromatic rings. The lowest BCUT2D eigenvalue weighted by Crippen LogP contribution is -2.52. The molecule has 0 aliphatic carbocycles. The maximum absolute atomic E-state index is 6.16. The van der Waals surface area contributed by atoms with Crippen molar-refractivity contribution in [2.24, 2.45) is 0 Å². The number of rotatable bonds is 10. The van der Waals surface area contributed by atoms with Crippen LogP contribution in [-0.2, 0) is 0 Å². The fourth-order valence-electron chi connectivity index (χ4n) is 7.63. The standard InChI is InChI=1S/C45H53BN2O2/c1-27(2)32-21-35(28(3)4)45(36(22-32)29(5)6)46-41-23-37(30-13-17-33(18-14-30)47(7)8)43(49-11)25-39(41)40-26-44(50-12)38(24-42(40)46)31-15-19-34(20-16-31)48(9)10/h13-29H,1-12H3. The normalized spacial score (nSPS) is 12.1. The predicted molar refractivity (Wildman–Crippen MR) is 218 cm³/mol. The summed E-state index contributed by atoms with van der Waals surface area (Å²) in [4.78, 5) is 4.27. The lowest BCUT2D eigenvalue weighted by Gasteiger charge is -2.27. The number of fused-ring (bicyclic) bond motifs is 3. The Balaban J connectivity index is 1.69. The van der Waals surface area contributed by atoms with Gasteiger partial charge in [0.05, 0.1) is 14.2 Å². The molecule has 0 atom stereocenters. The van der Waals surface area contributed by atoms with Crippen LogP contribution in [0.2, 0.25) is 0 Å². The molecule has 0 bridgehead atoms. The number of methoxy groups -OCH3 is 2. The Morgan fingerprint density at radius 1 is 0.480 bits per heavy atom. The topological polar surface area (TPSA) is 24.9 Å². The number of hydrogen-bond acceptors (Lipinski definition) is 4. The fourth-order valence-corrected chi connectivity index (χ4v) is 7.63. The summed E-state index contributed by atoms with van der Waals surface area (Å²) in [6, 6.07) is 31.9. The van der Waals surface area contributed by atoms with Crippen molar-refractivity contribution in [3.8, 4) is 44.9 Å². The maximum atomic E-state index is 6.16.